The average Bonchev–Trinajstić information content (AvgIpc) is 2.94. The van der Waals surface area contributed by atoms with Crippen molar-refractivity contribution < 1.29 is 13.9 Å². The third-order valence-electron chi connectivity index (χ3n) is 3.09. The minimum absolute atomic E-state index is 0.131. The van der Waals surface area contributed by atoms with E-state index in [9.17, 15) is 9.18 Å². The number of H-pyrrole nitrogens is 1. The molecule has 6 heteroatoms. The van der Waals surface area contributed by atoms with Crippen molar-refractivity contribution in [3.8, 4) is 5.75 Å². The zero-order valence-electron chi connectivity index (χ0n) is 11.2. The smallest absolute Gasteiger partial charge is 0.255 e. The lowest BCUT2D eigenvalue weighted by molar-refractivity contribution is 0.102. The molecule has 3 rings (SSSR count). The molecule has 0 unspecified atom stereocenters. The number of carbonyl (C=O) groups is 1. The molecular formula is C15H12FN3O2. The first-order valence-electron chi connectivity index (χ1n) is 6.25. The van der Waals surface area contributed by atoms with Crippen LogP contribution in [0.1, 0.15) is 10.4 Å². The predicted octanol–water partition coefficient (Wildman–Crippen LogP) is 2.96. The number of carbonyl (C=O) groups excluding carboxylic acids is 1. The van der Waals surface area contributed by atoms with Gasteiger partial charge in [-0.2, -0.15) is 0 Å². The summed E-state index contributed by atoms with van der Waals surface area (Å²) in [6.45, 7) is 0. The van der Waals surface area contributed by atoms with E-state index in [1.807, 2.05) is 0 Å². The first-order valence-corrected chi connectivity index (χ1v) is 6.25. The van der Waals surface area contributed by atoms with Gasteiger partial charge in [-0.1, -0.05) is 0 Å². The van der Waals surface area contributed by atoms with E-state index in [4.69, 9.17) is 4.74 Å². The predicted molar refractivity (Wildman–Crippen MR) is 77.0 cm³/mol. The molecule has 0 bridgehead atoms. The number of hydrogen-bond donors (Lipinski definition) is 2. The molecule has 0 atom stereocenters. The minimum Gasteiger partial charge on any atom is -0.494 e. The van der Waals surface area contributed by atoms with Crippen molar-refractivity contribution in [2.24, 2.45) is 0 Å². The van der Waals surface area contributed by atoms with E-state index in [1.54, 1.807) is 30.6 Å². The summed E-state index contributed by atoms with van der Waals surface area (Å²) in [5, 5.41) is 2.64. The Balaban J connectivity index is 1.83. The van der Waals surface area contributed by atoms with Crippen LogP contribution >= 0.6 is 0 Å². The van der Waals surface area contributed by atoms with Gasteiger partial charge in [-0.25, -0.2) is 9.37 Å². The lowest BCUT2D eigenvalue weighted by atomic mass is 10.2. The number of fused-ring (bicyclic) bond motifs is 1. The van der Waals surface area contributed by atoms with E-state index < -0.39 is 5.82 Å². The monoisotopic (exact) mass is 285 g/mol. The first-order chi connectivity index (χ1) is 10.2. The van der Waals surface area contributed by atoms with E-state index in [0.29, 0.717) is 11.3 Å². The van der Waals surface area contributed by atoms with Crippen molar-refractivity contribution in [2.75, 3.05) is 12.4 Å². The first kappa shape index (κ1) is 13.1. The molecular weight excluding hydrogens is 273 g/mol. The van der Waals surface area contributed by atoms with Crippen molar-refractivity contribution >= 4 is 22.6 Å². The van der Waals surface area contributed by atoms with Crippen molar-refractivity contribution in [3.05, 3.63) is 54.1 Å². The van der Waals surface area contributed by atoms with Crippen LogP contribution in [0.2, 0.25) is 0 Å². The quantitative estimate of drug-likeness (QED) is 0.777. The Labute approximate surface area is 119 Å². The summed E-state index contributed by atoms with van der Waals surface area (Å²) < 4.78 is 18.4. The molecule has 1 amide bonds. The lowest BCUT2D eigenvalue weighted by Gasteiger charge is -2.07. The van der Waals surface area contributed by atoms with Crippen molar-refractivity contribution in [3.63, 3.8) is 0 Å². The number of aromatic amines is 1. The fourth-order valence-electron chi connectivity index (χ4n) is 2.02. The third-order valence-corrected chi connectivity index (χ3v) is 3.09. The highest BCUT2D eigenvalue weighted by atomic mass is 19.1. The Kier molecular flexibility index (Phi) is 3.27. The normalized spacial score (nSPS) is 10.6. The van der Waals surface area contributed by atoms with Crippen LogP contribution in [-0.4, -0.2) is 23.0 Å². The molecule has 0 spiro atoms. The second-order valence-corrected chi connectivity index (χ2v) is 4.44. The van der Waals surface area contributed by atoms with Crippen molar-refractivity contribution in [1.82, 2.24) is 9.97 Å². The zero-order valence-corrected chi connectivity index (χ0v) is 11.2. The number of halogens is 1. The summed E-state index contributed by atoms with van der Waals surface area (Å²) in [7, 11) is 1.39. The molecule has 0 fully saturated rings. The van der Waals surface area contributed by atoms with Crippen LogP contribution in [0.15, 0.2) is 42.7 Å². The Morgan fingerprint density at radius 3 is 2.90 bits per heavy atom. The van der Waals surface area contributed by atoms with Gasteiger partial charge in [0, 0.05) is 17.3 Å². The van der Waals surface area contributed by atoms with E-state index in [1.165, 1.54) is 19.2 Å². The molecule has 5 nitrogen and oxygen atoms in total. The van der Waals surface area contributed by atoms with Crippen LogP contribution in [0.25, 0.3) is 11.0 Å². The van der Waals surface area contributed by atoms with Crippen LogP contribution in [0.4, 0.5) is 10.1 Å². The molecule has 0 saturated carbocycles. The van der Waals surface area contributed by atoms with Crippen LogP contribution < -0.4 is 10.1 Å². The van der Waals surface area contributed by atoms with Gasteiger partial charge >= 0.3 is 0 Å². The van der Waals surface area contributed by atoms with Crippen molar-refractivity contribution in [2.45, 2.75) is 0 Å². The number of nitrogens with zero attached hydrogens (tertiary/aromatic N) is 1. The molecule has 106 valence electrons. The summed E-state index contributed by atoms with van der Waals surface area (Å²) in [6, 6.07) is 9.36. The van der Waals surface area contributed by atoms with Gasteiger partial charge in [0.1, 0.15) is 0 Å². The summed E-state index contributed by atoms with van der Waals surface area (Å²) >= 11 is 0. The van der Waals surface area contributed by atoms with E-state index >= 15 is 0 Å². The molecule has 21 heavy (non-hydrogen) atoms. The van der Waals surface area contributed by atoms with Gasteiger partial charge in [-0.3, -0.25) is 4.79 Å². The van der Waals surface area contributed by atoms with Crippen molar-refractivity contribution in [1.29, 1.82) is 0 Å². The number of anilines is 1. The summed E-state index contributed by atoms with van der Waals surface area (Å²) in [5.74, 6) is -0.720. The molecule has 0 aliphatic carbocycles. The van der Waals surface area contributed by atoms with Gasteiger partial charge in [-0.15, -0.1) is 0 Å². The van der Waals surface area contributed by atoms with Gasteiger partial charge in [0.2, 0.25) is 0 Å². The Hall–Kier alpha value is -2.89. The topological polar surface area (TPSA) is 67.0 Å². The van der Waals surface area contributed by atoms with Gasteiger partial charge in [0.15, 0.2) is 11.6 Å². The molecule has 1 heterocycles. The summed E-state index contributed by atoms with van der Waals surface area (Å²) in [4.78, 5) is 19.2. The Morgan fingerprint density at radius 1 is 1.29 bits per heavy atom. The average molecular weight is 285 g/mol. The third kappa shape index (κ3) is 2.55. The second-order valence-electron chi connectivity index (χ2n) is 4.44. The number of benzene rings is 2. The maximum atomic E-state index is 13.6. The van der Waals surface area contributed by atoms with Crippen LogP contribution in [-0.2, 0) is 0 Å². The number of nitrogens with one attached hydrogen (secondary N) is 2. The van der Waals surface area contributed by atoms with Gasteiger partial charge in [0.25, 0.3) is 5.91 Å². The standard InChI is InChI=1S/C15H12FN3O2/c1-21-14-5-3-10(7-11(14)16)19-15(20)9-2-4-12-13(6-9)18-8-17-12/h2-8H,1H3,(H,17,18)(H,19,20). The number of ether oxygens (including phenoxy) is 1. The number of imidazole rings is 1. The molecule has 2 N–H and O–H groups in total. The number of aromatic nitrogens is 2. The van der Waals surface area contributed by atoms with Gasteiger partial charge < -0.3 is 15.0 Å². The Morgan fingerprint density at radius 2 is 2.14 bits per heavy atom. The van der Waals surface area contributed by atoms with Gasteiger partial charge in [-0.05, 0) is 30.3 Å². The summed E-state index contributed by atoms with van der Waals surface area (Å²) in [5.41, 5.74) is 2.37. The molecule has 0 radical (unpaired) electrons. The molecule has 3 aromatic rings. The maximum absolute atomic E-state index is 13.6. The molecule has 1 aromatic heterocycles. The fraction of sp³-hybridized carbons (Fsp3) is 0.0667. The van der Waals surface area contributed by atoms with Crippen LogP contribution in [0, 0.1) is 5.82 Å². The van der Waals surface area contributed by atoms with Gasteiger partial charge in [0.05, 0.1) is 24.5 Å². The lowest BCUT2D eigenvalue weighted by Crippen LogP contribution is -2.12. The zero-order chi connectivity index (χ0) is 14.8. The SMILES string of the molecule is COc1ccc(NC(=O)c2ccc3nc[nH]c3c2)cc1F. The van der Waals surface area contributed by atoms with E-state index in [-0.39, 0.29) is 11.7 Å². The Bertz CT molecular complexity index is 814. The summed E-state index contributed by atoms with van der Waals surface area (Å²) in [6.07, 6.45) is 1.56. The number of amides is 1. The van der Waals surface area contributed by atoms with Crippen LogP contribution in [0.3, 0.4) is 0 Å². The van der Waals surface area contributed by atoms with E-state index in [0.717, 1.165) is 11.0 Å². The number of methoxy groups -OCH3 is 1. The molecule has 0 aliphatic heterocycles. The largest absolute Gasteiger partial charge is 0.494 e. The molecule has 2 aromatic carbocycles. The molecule has 0 saturated heterocycles. The maximum Gasteiger partial charge on any atom is 0.255 e. The number of rotatable bonds is 3. The van der Waals surface area contributed by atoms with E-state index in [2.05, 4.69) is 15.3 Å². The highest BCUT2D eigenvalue weighted by Gasteiger charge is 2.10. The molecule has 0 aliphatic rings. The fourth-order valence-corrected chi connectivity index (χ4v) is 2.02. The highest BCUT2D eigenvalue weighted by Crippen LogP contribution is 2.21. The highest BCUT2D eigenvalue weighted by molar-refractivity contribution is 6.05. The second kappa shape index (κ2) is 5.24. The van der Waals surface area contributed by atoms with Crippen LogP contribution in [0.5, 0.6) is 5.75 Å². The number of hydrogen-bond acceptors (Lipinski definition) is 3. The minimum atomic E-state index is -0.528.